The molecule has 1 aliphatic heterocycles. The fraction of sp³-hybridized carbons (Fsp3) is 0.600. The van der Waals surface area contributed by atoms with Crippen LogP contribution >= 0.6 is 24.0 Å². The summed E-state index contributed by atoms with van der Waals surface area (Å²) in [7, 11) is -2.35. The summed E-state index contributed by atoms with van der Waals surface area (Å²) in [6.45, 7) is 1.31. The summed E-state index contributed by atoms with van der Waals surface area (Å²) in [6, 6.07) is 2.77. The van der Waals surface area contributed by atoms with E-state index in [-0.39, 0.29) is 30.5 Å². The van der Waals surface area contributed by atoms with Gasteiger partial charge in [0.2, 0.25) is 10.0 Å². The zero-order chi connectivity index (χ0) is 18.0. The van der Waals surface area contributed by atoms with Gasteiger partial charge in [-0.3, -0.25) is 0 Å². The van der Waals surface area contributed by atoms with Gasteiger partial charge in [0.25, 0.3) is 0 Å². The topological polar surface area (TPSA) is 49.4 Å². The Balaban J connectivity index is 0.00000312. The molecule has 0 radical (unpaired) electrons. The standard InChI is InChI=1S/C15H20ClF3N2O2S.ClH/c1-20-7-4-11-5-8-21(9-6-11)24(22,23)14-3-2-12(16)10-13(14)15(17,18)19;/h2-3,10-11,20H,4-9H2,1H3;1H. The minimum Gasteiger partial charge on any atom is -0.320 e. The monoisotopic (exact) mass is 420 g/mol. The smallest absolute Gasteiger partial charge is 0.320 e. The molecule has 0 saturated carbocycles. The maximum atomic E-state index is 13.2. The molecule has 2 rings (SSSR count). The number of nitrogens with one attached hydrogen (secondary N) is 1. The van der Waals surface area contributed by atoms with Gasteiger partial charge in [0.15, 0.2) is 0 Å². The van der Waals surface area contributed by atoms with Crippen molar-refractivity contribution in [1.29, 1.82) is 0 Å². The van der Waals surface area contributed by atoms with E-state index in [1.165, 1.54) is 6.07 Å². The van der Waals surface area contributed by atoms with Crippen LogP contribution in [0.25, 0.3) is 0 Å². The second-order valence-electron chi connectivity index (χ2n) is 5.88. The Morgan fingerprint density at radius 1 is 1.28 bits per heavy atom. The third-order valence-corrected chi connectivity index (χ3v) is 6.43. The molecule has 144 valence electrons. The van der Waals surface area contributed by atoms with Gasteiger partial charge < -0.3 is 5.32 Å². The highest BCUT2D eigenvalue weighted by Crippen LogP contribution is 2.37. The van der Waals surface area contributed by atoms with Crippen LogP contribution in [-0.2, 0) is 16.2 Å². The third-order valence-electron chi connectivity index (χ3n) is 4.24. The second-order valence-corrected chi connectivity index (χ2v) is 8.22. The van der Waals surface area contributed by atoms with E-state index in [4.69, 9.17) is 11.6 Å². The number of nitrogens with zero attached hydrogens (tertiary/aromatic N) is 1. The molecule has 1 fully saturated rings. The van der Waals surface area contributed by atoms with Crippen LogP contribution < -0.4 is 5.32 Å². The number of piperidine rings is 1. The zero-order valence-electron chi connectivity index (χ0n) is 13.6. The Kier molecular flexibility index (Phi) is 8.01. The molecule has 0 unspecified atom stereocenters. The van der Waals surface area contributed by atoms with Gasteiger partial charge in [-0.2, -0.15) is 17.5 Å². The van der Waals surface area contributed by atoms with Crippen molar-refractivity contribution in [3.8, 4) is 0 Å². The number of sulfonamides is 1. The van der Waals surface area contributed by atoms with E-state index in [1.54, 1.807) is 0 Å². The highest BCUT2D eigenvalue weighted by molar-refractivity contribution is 7.89. The van der Waals surface area contributed by atoms with Crippen LogP contribution in [-0.4, -0.2) is 39.4 Å². The fourth-order valence-electron chi connectivity index (χ4n) is 2.87. The van der Waals surface area contributed by atoms with Crippen molar-refractivity contribution in [2.45, 2.75) is 30.3 Å². The molecule has 0 aromatic heterocycles. The maximum Gasteiger partial charge on any atom is 0.417 e. The molecular formula is C15H21Cl2F3N2O2S. The molecule has 4 nitrogen and oxygen atoms in total. The van der Waals surface area contributed by atoms with Crippen molar-refractivity contribution < 1.29 is 21.6 Å². The quantitative estimate of drug-likeness (QED) is 0.787. The van der Waals surface area contributed by atoms with Crippen LogP contribution in [0.5, 0.6) is 0 Å². The first kappa shape index (κ1) is 22.5. The Hall–Kier alpha value is -0.540. The highest BCUT2D eigenvalue weighted by Gasteiger charge is 2.40. The van der Waals surface area contributed by atoms with Gasteiger partial charge in [-0.25, -0.2) is 8.42 Å². The van der Waals surface area contributed by atoms with Crippen molar-refractivity contribution in [3.05, 3.63) is 28.8 Å². The van der Waals surface area contributed by atoms with Crippen LogP contribution in [0.3, 0.4) is 0 Å². The van der Waals surface area contributed by atoms with Gasteiger partial charge in [-0.15, -0.1) is 12.4 Å². The predicted molar refractivity (Wildman–Crippen MR) is 93.7 cm³/mol. The van der Waals surface area contributed by atoms with Crippen molar-refractivity contribution in [2.24, 2.45) is 5.92 Å². The summed E-state index contributed by atoms with van der Waals surface area (Å²) in [4.78, 5) is -0.729. The minimum absolute atomic E-state index is 0. The first-order valence-electron chi connectivity index (χ1n) is 7.67. The van der Waals surface area contributed by atoms with E-state index in [9.17, 15) is 21.6 Å². The number of rotatable bonds is 5. The molecule has 1 N–H and O–H groups in total. The fourth-order valence-corrected chi connectivity index (χ4v) is 4.71. The first-order chi connectivity index (χ1) is 11.2. The van der Waals surface area contributed by atoms with Crippen molar-refractivity contribution in [3.63, 3.8) is 0 Å². The lowest BCUT2D eigenvalue weighted by Gasteiger charge is -2.31. The van der Waals surface area contributed by atoms with Gasteiger partial charge in [-0.1, -0.05) is 11.6 Å². The molecule has 0 atom stereocenters. The molecule has 25 heavy (non-hydrogen) atoms. The van der Waals surface area contributed by atoms with E-state index in [0.717, 1.165) is 23.3 Å². The van der Waals surface area contributed by atoms with Gasteiger partial charge in [0.1, 0.15) is 0 Å². The molecule has 0 spiro atoms. The average Bonchev–Trinajstić information content (AvgIpc) is 2.52. The first-order valence-corrected chi connectivity index (χ1v) is 9.49. The minimum atomic E-state index is -4.78. The summed E-state index contributed by atoms with van der Waals surface area (Å²) < 4.78 is 66.0. The SMILES string of the molecule is CNCCC1CCN(S(=O)(=O)c2ccc(Cl)cc2C(F)(F)F)CC1.Cl. The molecule has 0 amide bonds. The maximum absolute atomic E-state index is 13.2. The van der Waals surface area contributed by atoms with E-state index < -0.39 is 26.7 Å². The largest absolute Gasteiger partial charge is 0.417 e. The van der Waals surface area contributed by atoms with E-state index in [1.807, 2.05) is 7.05 Å². The molecule has 10 heteroatoms. The van der Waals surface area contributed by atoms with Crippen LogP contribution in [0.4, 0.5) is 13.2 Å². The lowest BCUT2D eigenvalue weighted by Crippen LogP contribution is -2.39. The summed E-state index contributed by atoms with van der Waals surface area (Å²) in [5, 5.41) is 2.90. The van der Waals surface area contributed by atoms with Gasteiger partial charge in [0, 0.05) is 18.1 Å². The van der Waals surface area contributed by atoms with Crippen LogP contribution in [0.15, 0.2) is 23.1 Å². The van der Waals surface area contributed by atoms with Gasteiger partial charge >= 0.3 is 6.18 Å². The zero-order valence-corrected chi connectivity index (χ0v) is 16.0. The second kappa shape index (κ2) is 8.90. The number of alkyl halides is 3. The highest BCUT2D eigenvalue weighted by atomic mass is 35.5. The van der Waals surface area contributed by atoms with Crippen LogP contribution in [0.2, 0.25) is 5.02 Å². The van der Waals surface area contributed by atoms with E-state index >= 15 is 0 Å². The average molecular weight is 421 g/mol. The molecule has 1 saturated heterocycles. The van der Waals surface area contributed by atoms with Crippen molar-refractivity contribution in [2.75, 3.05) is 26.7 Å². The normalized spacial score (nSPS) is 17.3. The lowest BCUT2D eigenvalue weighted by atomic mass is 9.95. The predicted octanol–water partition coefficient (Wildman–Crippen LogP) is 3.79. The lowest BCUT2D eigenvalue weighted by molar-refractivity contribution is -0.139. The molecule has 1 heterocycles. The van der Waals surface area contributed by atoms with E-state index in [0.29, 0.717) is 24.8 Å². The van der Waals surface area contributed by atoms with Crippen molar-refractivity contribution >= 4 is 34.0 Å². The Morgan fingerprint density at radius 3 is 2.40 bits per heavy atom. The number of hydrogen-bond acceptors (Lipinski definition) is 3. The number of halogens is 5. The molecule has 0 aliphatic carbocycles. The Bertz CT molecular complexity index is 676. The number of benzene rings is 1. The Labute approximate surface area is 157 Å². The summed E-state index contributed by atoms with van der Waals surface area (Å²) in [5.41, 5.74) is -1.22. The molecule has 0 bridgehead atoms. The molecule has 1 aliphatic rings. The molecule has 1 aromatic carbocycles. The molecular weight excluding hydrogens is 400 g/mol. The van der Waals surface area contributed by atoms with Crippen molar-refractivity contribution in [1.82, 2.24) is 9.62 Å². The Morgan fingerprint density at radius 2 is 1.88 bits per heavy atom. The summed E-state index contributed by atoms with van der Waals surface area (Å²) in [6.07, 6.45) is -2.55. The molecule has 1 aromatic rings. The van der Waals surface area contributed by atoms with Crippen LogP contribution in [0, 0.1) is 5.92 Å². The third kappa shape index (κ3) is 5.47. The van der Waals surface area contributed by atoms with Crippen LogP contribution in [0.1, 0.15) is 24.8 Å². The number of hydrogen-bond donors (Lipinski definition) is 1. The van der Waals surface area contributed by atoms with Gasteiger partial charge in [-0.05, 0) is 57.0 Å². The summed E-state index contributed by atoms with van der Waals surface area (Å²) in [5.74, 6) is 0.385. The van der Waals surface area contributed by atoms with Gasteiger partial charge in [0.05, 0.1) is 10.5 Å². The summed E-state index contributed by atoms with van der Waals surface area (Å²) >= 11 is 5.61. The van der Waals surface area contributed by atoms with E-state index in [2.05, 4.69) is 5.32 Å².